The fourth-order valence-electron chi connectivity index (χ4n) is 3.00. The number of carbonyl (C=O) groups excluding carboxylic acids is 1. The molecule has 7 nitrogen and oxygen atoms in total. The summed E-state index contributed by atoms with van der Waals surface area (Å²) >= 11 is 0. The zero-order chi connectivity index (χ0) is 20.9. The average Bonchev–Trinajstić information content (AvgIpc) is 3.45. The molecule has 0 unspecified atom stereocenters. The highest BCUT2D eigenvalue weighted by Crippen LogP contribution is 2.19. The lowest BCUT2D eigenvalue weighted by atomic mass is 10.1. The molecule has 0 saturated carbocycles. The van der Waals surface area contributed by atoms with Crippen LogP contribution >= 0.6 is 0 Å². The van der Waals surface area contributed by atoms with Crippen molar-refractivity contribution in [1.29, 1.82) is 0 Å². The third-order valence-corrected chi connectivity index (χ3v) is 4.68. The van der Waals surface area contributed by atoms with Gasteiger partial charge in [-0.25, -0.2) is 9.07 Å². The maximum atomic E-state index is 13.7. The van der Waals surface area contributed by atoms with Crippen molar-refractivity contribution in [2.75, 3.05) is 0 Å². The largest absolute Gasteiger partial charge is 0.352 e. The van der Waals surface area contributed by atoms with Crippen LogP contribution in [-0.4, -0.2) is 25.8 Å². The molecular weight excluding hydrogens is 385 g/mol. The predicted molar refractivity (Wildman–Crippen MR) is 108 cm³/mol. The Kier molecular flexibility index (Phi) is 5.65. The number of para-hydroxylation sites is 1. The van der Waals surface area contributed by atoms with E-state index >= 15 is 0 Å². The summed E-state index contributed by atoms with van der Waals surface area (Å²) in [5.41, 5.74) is 2.95. The summed E-state index contributed by atoms with van der Waals surface area (Å²) in [4.78, 5) is 16.5. The maximum absolute atomic E-state index is 13.7. The number of hydrogen-bond donors (Lipinski definition) is 1. The first kappa shape index (κ1) is 19.5. The molecule has 0 atom stereocenters. The summed E-state index contributed by atoms with van der Waals surface area (Å²) < 4.78 is 20.7. The lowest BCUT2D eigenvalue weighted by molar-refractivity contribution is -0.121. The van der Waals surface area contributed by atoms with Gasteiger partial charge in [-0.3, -0.25) is 4.79 Å². The van der Waals surface area contributed by atoms with Crippen LogP contribution in [0.3, 0.4) is 0 Å². The number of amides is 1. The van der Waals surface area contributed by atoms with Gasteiger partial charge >= 0.3 is 0 Å². The van der Waals surface area contributed by atoms with E-state index in [-0.39, 0.29) is 18.1 Å². The van der Waals surface area contributed by atoms with Crippen LogP contribution in [0, 0.1) is 12.7 Å². The van der Waals surface area contributed by atoms with Crippen LogP contribution in [0.5, 0.6) is 0 Å². The van der Waals surface area contributed by atoms with Gasteiger partial charge < -0.3 is 9.84 Å². The normalized spacial score (nSPS) is 10.9. The molecule has 1 amide bonds. The van der Waals surface area contributed by atoms with Gasteiger partial charge in [0.15, 0.2) is 0 Å². The Balaban J connectivity index is 1.33. The van der Waals surface area contributed by atoms with E-state index in [1.54, 1.807) is 29.9 Å². The second kappa shape index (κ2) is 8.69. The van der Waals surface area contributed by atoms with Gasteiger partial charge in [0.2, 0.25) is 17.6 Å². The van der Waals surface area contributed by atoms with Crippen molar-refractivity contribution in [3.05, 3.63) is 83.8 Å². The number of benzene rings is 2. The summed E-state index contributed by atoms with van der Waals surface area (Å²) in [5, 5.41) is 11.0. The van der Waals surface area contributed by atoms with Crippen LogP contribution in [0.15, 0.2) is 65.4 Å². The number of carbonyl (C=O) groups is 1. The van der Waals surface area contributed by atoms with Crippen LogP contribution in [0.2, 0.25) is 0 Å². The average molecular weight is 405 g/mol. The zero-order valence-corrected chi connectivity index (χ0v) is 16.4. The molecule has 2 aromatic heterocycles. The Hall–Kier alpha value is -3.81. The van der Waals surface area contributed by atoms with Gasteiger partial charge in [-0.05, 0) is 36.2 Å². The molecule has 1 N–H and O–H groups in total. The molecule has 30 heavy (non-hydrogen) atoms. The van der Waals surface area contributed by atoms with E-state index in [1.807, 2.05) is 36.5 Å². The lowest BCUT2D eigenvalue weighted by Gasteiger charge is -2.10. The predicted octanol–water partition coefficient (Wildman–Crippen LogP) is 3.62. The number of halogens is 1. The third kappa shape index (κ3) is 4.43. The number of aryl methyl sites for hydroxylation is 2. The Morgan fingerprint density at radius 1 is 1.20 bits per heavy atom. The molecule has 4 rings (SSSR count). The molecule has 0 fully saturated rings. The summed E-state index contributed by atoms with van der Waals surface area (Å²) in [6.07, 6.45) is 4.06. The van der Waals surface area contributed by atoms with Gasteiger partial charge in [-0.1, -0.05) is 35.5 Å². The highest BCUT2D eigenvalue weighted by atomic mass is 19.1. The van der Waals surface area contributed by atoms with E-state index in [0.29, 0.717) is 35.8 Å². The van der Waals surface area contributed by atoms with E-state index in [2.05, 4.69) is 20.6 Å². The minimum atomic E-state index is -0.325. The summed E-state index contributed by atoms with van der Waals surface area (Å²) in [6.45, 7) is 2.07. The minimum Gasteiger partial charge on any atom is -0.352 e. The molecular formula is C22H20FN5O2. The second-order valence-corrected chi connectivity index (χ2v) is 6.83. The van der Waals surface area contributed by atoms with Gasteiger partial charge in [-0.15, -0.1) is 0 Å². The maximum Gasteiger partial charge on any atom is 0.227 e. The molecule has 0 aliphatic carbocycles. The summed E-state index contributed by atoms with van der Waals surface area (Å²) in [7, 11) is 0. The summed E-state index contributed by atoms with van der Waals surface area (Å²) in [6, 6.07) is 14.3. The Morgan fingerprint density at radius 2 is 2.07 bits per heavy atom. The highest BCUT2D eigenvalue weighted by Gasteiger charge is 2.12. The van der Waals surface area contributed by atoms with E-state index in [9.17, 15) is 9.18 Å². The van der Waals surface area contributed by atoms with Gasteiger partial charge in [0.25, 0.3) is 0 Å². The van der Waals surface area contributed by atoms with Crippen molar-refractivity contribution < 1.29 is 13.7 Å². The molecule has 152 valence electrons. The molecule has 0 radical (unpaired) electrons. The number of nitrogens with zero attached hydrogens (tertiary/aromatic N) is 4. The van der Waals surface area contributed by atoms with Crippen molar-refractivity contribution in [1.82, 2.24) is 25.2 Å². The Bertz CT molecular complexity index is 1150. The van der Waals surface area contributed by atoms with Gasteiger partial charge in [0, 0.05) is 37.3 Å². The Morgan fingerprint density at radius 3 is 2.87 bits per heavy atom. The molecule has 2 heterocycles. The molecule has 0 aliphatic rings. The SMILES string of the molecule is Cc1ccc(-c2noc(CCC(=O)NCc3ccccc3-n3cccn3)n2)cc1F. The quantitative estimate of drug-likeness (QED) is 0.508. The van der Waals surface area contributed by atoms with Gasteiger partial charge in [-0.2, -0.15) is 10.1 Å². The van der Waals surface area contributed by atoms with Crippen molar-refractivity contribution in [2.24, 2.45) is 0 Å². The van der Waals surface area contributed by atoms with Crippen LogP contribution in [0.4, 0.5) is 4.39 Å². The van der Waals surface area contributed by atoms with Crippen molar-refractivity contribution in [2.45, 2.75) is 26.3 Å². The van der Waals surface area contributed by atoms with E-state index in [4.69, 9.17) is 4.52 Å². The van der Waals surface area contributed by atoms with Crippen LogP contribution in [0.25, 0.3) is 17.1 Å². The molecule has 4 aromatic rings. The number of hydrogen-bond acceptors (Lipinski definition) is 5. The fraction of sp³-hybridized carbons (Fsp3) is 0.182. The van der Waals surface area contributed by atoms with Crippen molar-refractivity contribution in [3.8, 4) is 17.1 Å². The first-order valence-corrected chi connectivity index (χ1v) is 9.54. The van der Waals surface area contributed by atoms with Crippen LogP contribution < -0.4 is 5.32 Å². The second-order valence-electron chi connectivity index (χ2n) is 6.83. The van der Waals surface area contributed by atoms with E-state index < -0.39 is 0 Å². The fourth-order valence-corrected chi connectivity index (χ4v) is 3.00. The minimum absolute atomic E-state index is 0.133. The van der Waals surface area contributed by atoms with Crippen LogP contribution in [0.1, 0.15) is 23.4 Å². The van der Waals surface area contributed by atoms with Crippen molar-refractivity contribution >= 4 is 5.91 Å². The molecule has 0 saturated heterocycles. The van der Waals surface area contributed by atoms with E-state index in [1.165, 1.54) is 6.07 Å². The number of nitrogens with one attached hydrogen (secondary N) is 1. The van der Waals surface area contributed by atoms with Gasteiger partial charge in [0.1, 0.15) is 5.82 Å². The molecule has 8 heteroatoms. The molecule has 2 aromatic carbocycles. The number of rotatable bonds is 7. The van der Waals surface area contributed by atoms with E-state index in [0.717, 1.165) is 11.3 Å². The first-order valence-electron chi connectivity index (χ1n) is 9.54. The zero-order valence-electron chi connectivity index (χ0n) is 16.4. The third-order valence-electron chi connectivity index (χ3n) is 4.68. The summed E-state index contributed by atoms with van der Waals surface area (Å²) in [5.74, 6) is 0.176. The molecule has 0 bridgehead atoms. The molecule has 0 spiro atoms. The van der Waals surface area contributed by atoms with Gasteiger partial charge in [0.05, 0.1) is 5.69 Å². The van der Waals surface area contributed by atoms with Crippen molar-refractivity contribution in [3.63, 3.8) is 0 Å². The lowest BCUT2D eigenvalue weighted by Crippen LogP contribution is -2.23. The monoisotopic (exact) mass is 405 g/mol. The number of aromatic nitrogens is 4. The molecule has 0 aliphatic heterocycles. The van der Waals surface area contributed by atoms with Crippen LogP contribution in [-0.2, 0) is 17.8 Å². The first-order chi connectivity index (χ1) is 14.6. The topological polar surface area (TPSA) is 85.8 Å². The Labute approximate surface area is 172 Å². The standard InChI is InChI=1S/C22H20FN5O2/c1-15-7-8-16(13-18(15)23)22-26-21(30-27-22)10-9-20(29)24-14-17-5-2-3-6-19(17)28-12-4-11-25-28/h2-8,11-13H,9-10,14H2,1H3,(H,24,29). The smallest absolute Gasteiger partial charge is 0.227 e. The highest BCUT2D eigenvalue weighted by molar-refractivity contribution is 5.76.